The summed E-state index contributed by atoms with van der Waals surface area (Å²) in [5.74, 6) is -1.40. The zero-order valence-corrected chi connectivity index (χ0v) is 45.8. The lowest BCUT2D eigenvalue weighted by atomic mass is 9.47. The Balaban J connectivity index is 0.896. The van der Waals surface area contributed by atoms with Gasteiger partial charge in [0.25, 0.3) is 5.91 Å². The summed E-state index contributed by atoms with van der Waals surface area (Å²) in [6.07, 6.45) is 10.3. The van der Waals surface area contributed by atoms with Crippen LogP contribution < -0.4 is 20.3 Å². The lowest BCUT2D eigenvalue weighted by molar-refractivity contribution is -0.362. The highest BCUT2D eigenvalue weighted by atomic mass is 19.2. The molecule has 8 aliphatic rings. The molecule has 414 valence electrons. The van der Waals surface area contributed by atoms with Crippen LogP contribution in [0.5, 0.6) is 5.75 Å². The smallest absolute Gasteiger partial charge is 0.496 e. The van der Waals surface area contributed by atoms with E-state index in [1.54, 1.807) is 38.3 Å². The Bertz CT molecular complexity index is 3320. The molecule has 2 aromatic carbocycles. The summed E-state index contributed by atoms with van der Waals surface area (Å²) in [5.41, 5.74) is 0.109. The van der Waals surface area contributed by atoms with E-state index in [0.717, 1.165) is 36.6 Å². The zero-order chi connectivity index (χ0) is 55.1. The number of nitrogens with one attached hydrogen (secondary N) is 3. The average Bonchev–Trinajstić information content (AvgIpc) is 2.56. The van der Waals surface area contributed by atoms with Crippen LogP contribution >= 0.6 is 0 Å². The van der Waals surface area contributed by atoms with Crippen molar-refractivity contribution in [3.63, 3.8) is 0 Å². The van der Waals surface area contributed by atoms with Crippen molar-refractivity contribution in [3.05, 3.63) is 112 Å². The van der Waals surface area contributed by atoms with Crippen LogP contribution in [0.25, 0.3) is 17.0 Å². The predicted octanol–water partition coefficient (Wildman–Crippen LogP) is 4.98. The molecule has 2 bridgehead atoms. The quantitative estimate of drug-likeness (QED) is 0.0487. The molecule has 7 aliphatic heterocycles. The number of para-hydroxylation sites is 1. The number of amides is 2. The second-order valence-corrected chi connectivity index (χ2v) is 23.8. The Morgan fingerprint density at radius 1 is 0.974 bits per heavy atom. The number of benzene rings is 2. The molecular weight excluding hydrogens is 998 g/mol. The van der Waals surface area contributed by atoms with Gasteiger partial charge in [-0.05, 0) is 105 Å². The van der Waals surface area contributed by atoms with Crippen LogP contribution in [-0.4, -0.2) is 166 Å². The van der Waals surface area contributed by atoms with Gasteiger partial charge in [0.2, 0.25) is 5.91 Å². The van der Waals surface area contributed by atoms with Gasteiger partial charge in [0.15, 0.2) is 11.3 Å². The van der Waals surface area contributed by atoms with Crippen molar-refractivity contribution in [2.24, 2.45) is 11.3 Å². The van der Waals surface area contributed by atoms with E-state index < -0.39 is 64.3 Å². The molecule has 2 amide bonds. The van der Waals surface area contributed by atoms with Crippen molar-refractivity contribution in [1.29, 1.82) is 0 Å². The number of likely N-dealkylation sites (N-methyl/N-ethyl adjacent to an activating group) is 1. The highest BCUT2D eigenvalue weighted by molar-refractivity contribution is 6.58. The molecule has 0 radical (unpaired) electrons. The molecule has 16 nitrogen and oxygen atoms in total. The normalized spacial score (nSPS) is 32.9. The number of hydrogen-bond donors (Lipinski definition) is 6. The number of H-pyrrole nitrogens is 1. The van der Waals surface area contributed by atoms with Crippen LogP contribution in [0.2, 0.25) is 0 Å². The van der Waals surface area contributed by atoms with E-state index in [-0.39, 0.29) is 44.3 Å². The van der Waals surface area contributed by atoms with E-state index in [0.29, 0.717) is 110 Å². The van der Waals surface area contributed by atoms with Crippen molar-refractivity contribution >= 4 is 53.1 Å². The number of aromatic amines is 1. The standard InChI is InChI=1S/C59H73BF2N8O8/c1-8-55(75)31-37-32-58(54(74)78-7,49-41(19-25-67(33-37)34-55)40-13-10-11-14-44(40)65-49)43-29-42-46(30-47(43)77-6)66(5)51-57(42)21-26-68-24-12-20-56(9-2,50(57)68)52(72)59(51,76)53(73)64-23-22-63-48(71)18-17-38-15-16-39-28-45-35(3)27-36(4)69(45)60(61,62)70(38)39/h10-16,20,27-30,37,50-52,65,72,75-76H,8-9,17-19,21-26,31-34H2,1-7H3,(H,63,71)(H,64,73)/t37-,50-,51+,52+,55-,56+,57+,58-,59-/m0/s1. The highest BCUT2D eigenvalue weighted by Crippen LogP contribution is 2.67. The fourth-order valence-electron chi connectivity index (χ4n) is 16.8. The number of allylic oxidation sites excluding steroid dienone is 2. The van der Waals surface area contributed by atoms with E-state index in [4.69, 9.17) is 9.47 Å². The summed E-state index contributed by atoms with van der Waals surface area (Å²) in [7, 11) is 4.84. The lowest BCUT2D eigenvalue weighted by Crippen LogP contribution is -2.81. The maximum Gasteiger partial charge on any atom is 0.737 e. The van der Waals surface area contributed by atoms with Gasteiger partial charge in [0.05, 0.1) is 25.9 Å². The van der Waals surface area contributed by atoms with E-state index in [9.17, 15) is 20.1 Å². The molecule has 1 aliphatic carbocycles. The molecule has 4 aromatic rings. The number of aromatic nitrogens is 2. The number of aliphatic hydroxyl groups excluding tert-OH is 1. The Morgan fingerprint density at radius 3 is 2.51 bits per heavy atom. The van der Waals surface area contributed by atoms with Crippen molar-refractivity contribution in [2.75, 3.05) is 72.0 Å². The Kier molecular flexibility index (Phi) is 12.5. The minimum atomic E-state index is -4.18. The second kappa shape index (κ2) is 18.5. The number of ether oxygens (including phenoxy) is 2. The summed E-state index contributed by atoms with van der Waals surface area (Å²) in [5, 5.41) is 45.5. The number of aliphatic hydroxyl groups is 3. The molecule has 1 saturated carbocycles. The maximum absolute atomic E-state index is 16.1. The third kappa shape index (κ3) is 7.18. The summed E-state index contributed by atoms with van der Waals surface area (Å²) in [6, 6.07) is 12.4. The van der Waals surface area contributed by atoms with Gasteiger partial charge in [-0.1, -0.05) is 44.2 Å². The summed E-state index contributed by atoms with van der Waals surface area (Å²) >= 11 is 0. The molecule has 12 rings (SSSR count). The van der Waals surface area contributed by atoms with Crippen LogP contribution in [0.4, 0.5) is 14.3 Å². The number of hydrogen-bond acceptors (Lipinski definition) is 11. The van der Waals surface area contributed by atoms with Gasteiger partial charge < -0.3 is 62.9 Å². The largest absolute Gasteiger partial charge is 0.737 e. The third-order valence-corrected chi connectivity index (χ3v) is 20.0. The zero-order valence-electron chi connectivity index (χ0n) is 45.8. The molecule has 6 N–H and O–H groups in total. The summed E-state index contributed by atoms with van der Waals surface area (Å²) < 4.78 is 46.8. The number of halogens is 2. The predicted molar refractivity (Wildman–Crippen MR) is 294 cm³/mol. The number of piperidine rings is 1. The number of aryl methyl sites for hydroxylation is 2. The highest BCUT2D eigenvalue weighted by Gasteiger charge is 2.79. The van der Waals surface area contributed by atoms with Crippen LogP contribution in [0.3, 0.4) is 0 Å². The molecule has 1 spiro atoms. The molecule has 2 saturated heterocycles. The van der Waals surface area contributed by atoms with E-state index >= 15 is 18.2 Å². The molecule has 10 atom stereocenters. The number of methoxy groups -OCH3 is 2. The fourth-order valence-corrected chi connectivity index (χ4v) is 16.8. The van der Waals surface area contributed by atoms with Crippen molar-refractivity contribution < 1.29 is 52.3 Å². The second-order valence-electron chi connectivity index (χ2n) is 23.8. The number of carbonyl (C=O) groups is 3. The molecule has 19 heteroatoms. The Labute approximate surface area is 453 Å². The van der Waals surface area contributed by atoms with Gasteiger partial charge in [0, 0.05) is 134 Å². The first-order valence-electron chi connectivity index (χ1n) is 28.0. The molecule has 2 aromatic heterocycles. The van der Waals surface area contributed by atoms with Crippen LogP contribution in [-0.2, 0) is 36.4 Å². The van der Waals surface area contributed by atoms with E-state index in [2.05, 4.69) is 37.6 Å². The fraction of sp³-hybridized carbons (Fsp3) is 0.525. The first-order valence-corrected chi connectivity index (χ1v) is 28.0. The van der Waals surface area contributed by atoms with Crippen LogP contribution in [0.15, 0.2) is 72.5 Å². The number of nitrogens with zero attached hydrogens (tertiary/aromatic N) is 5. The third-order valence-electron chi connectivity index (χ3n) is 20.0. The number of esters is 1. The minimum Gasteiger partial charge on any atom is -0.496 e. The number of anilines is 1. The average molecular weight is 1070 g/mol. The summed E-state index contributed by atoms with van der Waals surface area (Å²) in [6.45, 7) is 6.25. The van der Waals surface area contributed by atoms with Gasteiger partial charge in [0.1, 0.15) is 23.0 Å². The lowest BCUT2D eigenvalue weighted by Gasteiger charge is -2.63. The van der Waals surface area contributed by atoms with Crippen molar-refractivity contribution in [3.8, 4) is 5.75 Å². The first kappa shape index (κ1) is 52.6. The summed E-state index contributed by atoms with van der Waals surface area (Å²) in [4.78, 5) is 54.5. The first-order chi connectivity index (χ1) is 37.3. The molecule has 78 heavy (non-hydrogen) atoms. The van der Waals surface area contributed by atoms with Gasteiger partial charge in [-0.25, -0.2) is 0 Å². The minimum absolute atomic E-state index is 0.0243. The van der Waals surface area contributed by atoms with Crippen molar-refractivity contribution in [1.82, 2.24) is 29.9 Å². The Hall–Kier alpha value is -6.12. The molecule has 9 heterocycles. The monoisotopic (exact) mass is 1070 g/mol. The topological polar surface area (TPSA) is 188 Å². The Morgan fingerprint density at radius 2 is 1.76 bits per heavy atom. The van der Waals surface area contributed by atoms with Crippen LogP contribution in [0.1, 0.15) is 98.1 Å². The van der Waals surface area contributed by atoms with Gasteiger partial charge >= 0.3 is 12.9 Å². The van der Waals surface area contributed by atoms with Crippen LogP contribution in [0, 0.1) is 25.2 Å². The van der Waals surface area contributed by atoms with Gasteiger partial charge in [-0.15, -0.1) is 0 Å². The molecule has 1 unspecified atom stereocenters. The van der Waals surface area contributed by atoms with Gasteiger partial charge in [-0.3, -0.25) is 24.2 Å². The van der Waals surface area contributed by atoms with E-state index in [1.165, 1.54) is 7.11 Å². The number of rotatable bonds is 12. The number of carbonyl (C=O) groups excluding carboxylic acids is 3. The van der Waals surface area contributed by atoms with E-state index in [1.807, 2.05) is 69.1 Å². The SMILES string of the molecule is CC[C@]1(O)C[C@@H]2CN(CCc3c([nH]c4ccccc34)[C@@](C(=O)OC)(c3cc4c(cc3OC)N(C)[C@H]3[C@@](O)(C(=O)NCCNC(=O)CCC5=[N+]6C(=Cc7c(C)cc(C)n7[B-]6(F)F)C=C5)[C@H](O)[C@]5(CC)C=CCN6CC[C@]43[C@@H]65)C2)C1. The number of fused-ring (bicyclic) bond motifs is 8. The van der Waals surface area contributed by atoms with Crippen molar-refractivity contribution in [2.45, 2.75) is 119 Å². The maximum atomic E-state index is 16.1. The molecular formula is C59H73BF2N8O8. The van der Waals surface area contributed by atoms with Gasteiger partial charge in [-0.2, -0.15) is 0 Å². The molecule has 3 fully saturated rings.